The number of nitrogens with zero attached hydrogens (tertiary/aromatic N) is 7. The molecule has 39 heavy (non-hydrogen) atoms. The molecular weight excluding hydrogens is 496 g/mol. The second kappa shape index (κ2) is 10.7. The maximum absolute atomic E-state index is 12.7. The van der Waals surface area contributed by atoms with Crippen LogP contribution in [0.5, 0.6) is 0 Å². The first-order valence-electron chi connectivity index (χ1n) is 13.7. The van der Waals surface area contributed by atoms with E-state index in [4.69, 9.17) is 14.7 Å². The number of nitrogens with one attached hydrogen (secondary N) is 1. The number of rotatable bonds is 5. The number of pyridine rings is 1. The summed E-state index contributed by atoms with van der Waals surface area (Å²) in [5.41, 5.74) is 1.51. The summed E-state index contributed by atoms with van der Waals surface area (Å²) in [6.45, 7) is 7.83. The van der Waals surface area contributed by atoms with Gasteiger partial charge in [-0.15, -0.1) is 0 Å². The van der Waals surface area contributed by atoms with Gasteiger partial charge in [0.2, 0.25) is 5.95 Å². The summed E-state index contributed by atoms with van der Waals surface area (Å²) in [5, 5.41) is 4.30. The highest BCUT2D eigenvalue weighted by atomic mass is 16.6. The second-order valence-corrected chi connectivity index (χ2v) is 11.5. The van der Waals surface area contributed by atoms with Gasteiger partial charge in [0.15, 0.2) is 5.82 Å². The third kappa shape index (κ3) is 5.91. The number of fused-ring (bicyclic) bond motifs is 1. The zero-order valence-electron chi connectivity index (χ0n) is 23.5. The molecule has 11 nitrogen and oxygen atoms in total. The summed E-state index contributed by atoms with van der Waals surface area (Å²) in [5.74, 6) is 0.744. The average Bonchev–Trinajstić information content (AvgIpc) is 3.57. The van der Waals surface area contributed by atoms with Gasteiger partial charge in [0.25, 0.3) is 5.91 Å². The van der Waals surface area contributed by atoms with Gasteiger partial charge in [0.05, 0.1) is 5.69 Å². The normalized spacial score (nSPS) is 16.5. The molecule has 1 saturated carbocycles. The maximum atomic E-state index is 12.7. The summed E-state index contributed by atoms with van der Waals surface area (Å²) < 4.78 is 7.80. The third-order valence-corrected chi connectivity index (χ3v) is 7.17. The molecule has 1 N–H and O–H groups in total. The predicted molar refractivity (Wildman–Crippen MR) is 151 cm³/mol. The Bertz CT molecular complexity index is 1350. The van der Waals surface area contributed by atoms with Gasteiger partial charge in [0.1, 0.15) is 16.9 Å². The summed E-state index contributed by atoms with van der Waals surface area (Å²) in [7, 11) is 3.41. The van der Waals surface area contributed by atoms with E-state index in [0.29, 0.717) is 49.7 Å². The van der Waals surface area contributed by atoms with Crippen molar-refractivity contribution in [1.29, 1.82) is 0 Å². The van der Waals surface area contributed by atoms with Crippen LogP contribution in [0.3, 0.4) is 0 Å². The lowest BCUT2D eigenvalue weighted by Gasteiger charge is -2.37. The SMILES string of the molecule is CN(C)C(=O)c1ccc(N2CCN(C(=O)OC(C)(C)C)CC2)c(Nc2ncc3ccn(C4CCCC4)c3n2)n1. The molecule has 11 heteroatoms. The fourth-order valence-electron chi connectivity index (χ4n) is 5.18. The smallest absolute Gasteiger partial charge is 0.410 e. The lowest BCUT2D eigenvalue weighted by atomic mass is 10.2. The highest BCUT2D eigenvalue weighted by Gasteiger charge is 2.28. The van der Waals surface area contributed by atoms with Crippen molar-refractivity contribution in [3.8, 4) is 0 Å². The van der Waals surface area contributed by atoms with Crippen molar-refractivity contribution in [3.63, 3.8) is 0 Å². The number of hydrogen-bond acceptors (Lipinski definition) is 8. The summed E-state index contributed by atoms with van der Waals surface area (Å²) >= 11 is 0. The van der Waals surface area contributed by atoms with Crippen LogP contribution in [-0.2, 0) is 4.74 Å². The van der Waals surface area contributed by atoms with Gasteiger partial charge in [-0.1, -0.05) is 12.8 Å². The minimum atomic E-state index is -0.539. The van der Waals surface area contributed by atoms with E-state index in [1.165, 1.54) is 17.7 Å². The van der Waals surface area contributed by atoms with Gasteiger partial charge in [-0.25, -0.2) is 14.8 Å². The molecule has 1 saturated heterocycles. The standard InChI is InChI=1S/C28H38N8O3/c1-28(2,3)39-27(38)35-16-14-34(15-17-35)22-11-10-21(25(37)33(4)5)30-23(22)31-26-29-18-19-12-13-36(24(19)32-26)20-8-6-7-9-20/h10-13,18,20H,6-9,14-17H2,1-5H3,(H,29,30,31,32). The monoisotopic (exact) mass is 534 g/mol. The van der Waals surface area contributed by atoms with Crippen molar-refractivity contribution >= 4 is 40.5 Å². The van der Waals surface area contributed by atoms with Crippen molar-refractivity contribution in [3.05, 3.63) is 36.3 Å². The molecule has 0 bridgehead atoms. The van der Waals surface area contributed by atoms with E-state index in [1.54, 1.807) is 25.1 Å². The Morgan fingerprint density at radius 1 is 1.03 bits per heavy atom. The molecule has 0 aromatic carbocycles. The van der Waals surface area contributed by atoms with E-state index in [9.17, 15) is 9.59 Å². The Labute approximate surface area is 229 Å². The first-order valence-corrected chi connectivity index (χ1v) is 13.7. The van der Waals surface area contributed by atoms with Gasteiger partial charge in [0, 0.05) is 64.1 Å². The van der Waals surface area contributed by atoms with E-state index in [1.807, 2.05) is 33.0 Å². The van der Waals surface area contributed by atoms with E-state index in [0.717, 1.165) is 29.6 Å². The van der Waals surface area contributed by atoms with Crippen LogP contribution in [0.4, 0.5) is 22.2 Å². The molecule has 5 rings (SSSR count). The first kappa shape index (κ1) is 26.7. The molecule has 3 aromatic heterocycles. The van der Waals surface area contributed by atoms with Crippen LogP contribution in [0.25, 0.3) is 11.0 Å². The Morgan fingerprint density at radius 2 is 1.74 bits per heavy atom. The van der Waals surface area contributed by atoms with Gasteiger partial charge in [-0.05, 0) is 51.8 Å². The van der Waals surface area contributed by atoms with Crippen LogP contribution >= 0.6 is 0 Å². The molecule has 2 amide bonds. The van der Waals surface area contributed by atoms with Gasteiger partial charge < -0.3 is 29.3 Å². The number of piperazine rings is 1. The van der Waals surface area contributed by atoms with E-state index >= 15 is 0 Å². The molecule has 1 aliphatic heterocycles. The van der Waals surface area contributed by atoms with Crippen LogP contribution in [0, 0.1) is 0 Å². The number of amides is 2. The number of anilines is 3. The summed E-state index contributed by atoms with van der Waals surface area (Å²) in [4.78, 5) is 44.8. The quantitative estimate of drug-likeness (QED) is 0.512. The zero-order valence-corrected chi connectivity index (χ0v) is 23.5. The van der Waals surface area contributed by atoms with E-state index in [2.05, 4.69) is 32.0 Å². The van der Waals surface area contributed by atoms with Crippen molar-refractivity contribution in [2.24, 2.45) is 0 Å². The minimum absolute atomic E-state index is 0.189. The molecule has 3 aromatic rings. The highest BCUT2D eigenvalue weighted by molar-refractivity contribution is 5.93. The van der Waals surface area contributed by atoms with E-state index < -0.39 is 5.60 Å². The second-order valence-electron chi connectivity index (χ2n) is 11.5. The van der Waals surface area contributed by atoms with Crippen LogP contribution in [0.1, 0.15) is 63.0 Å². The molecule has 0 radical (unpaired) electrons. The molecule has 0 spiro atoms. The fraction of sp³-hybridized carbons (Fsp3) is 0.536. The molecule has 2 fully saturated rings. The Hall–Kier alpha value is -3.89. The number of carbonyl (C=O) groups excluding carboxylic acids is 2. The molecular formula is C28H38N8O3. The maximum Gasteiger partial charge on any atom is 0.410 e. The third-order valence-electron chi connectivity index (χ3n) is 7.17. The number of ether oxygens (including phenoxy) is 1. The molecule has 1 aliphatic carbocycles. The summed E-state index contributed by atoms with van der Waals surface area (Å²) in [6, 6.07) is 6.15. The first-order chi connectivity index (χ1) is 18.6. The van der Waals surface area contributed by atoms with Gasteiger partial charge >= 0.3 is 6.09 Å². The Morgan fingerprint density at radius 3 is 2.41 bits per heavy atom. The Kier molecular flexibility index (Phi) is 7.33. The van der Waals surface area contributed by atoms with Gasteiger partial charge in [-0.2, -0.15) is 4.98 Å². The molecule has 0 unspecified atom stereocenters. The molecule has 4 heterocycles. The summed E-state index contributed by atoms with van der Waals surface area (Å²) in [6.07, 6.45) is 8.41. The van der Waals surface area contributed by atoms with Crippen molar-refractivity contribution < 1.29 is 14.3 Å². The Balaban J connectivity index is 1.41. The molecule has 208 valence electrons. The van der Waals surface area contributed by atoms with E-state index in [-0.39, 0.29) is 12.0 Å². The largest absolute Gasteiger partial charge is 0.444 e. The van der Waals surface area contributed by atoms with Crippen molar-refractivity contribution in [1.82, 2.24) is 29.3 Å². The minimum Gasteiger partial charge on any atom is -0.444 e. The lowest BCUT2D eigenvalue weighted by molar-refractivity contribution is 0.0240. The topological polar surface area (TPSA) is 109 Å². The number of aromatic nitrogens is 4. The van der Waals surface area contributed by atoms with Crippen LogP contribution < -0.4 is 10.2 Å². The van der Waals surface area contributed by atoms with Crippen LogP contribution in [0.15, 0.2) is 30.6 Å². The zero-order chi connectivity index (χ0) is 27.7. The fourth-order valence-corrected chi connectivity index (χ4v) is 5.18. The number of hydrogen-bond donors (Lipinski definition) is 1. The molecule has 0 atom stereocenters. The number of carbonyl (C=O) groups is 2. The van der Waals surface area contributed by atoms with Crippen LogP contribution in [0.2, 0.25) is 0 Å². The molecule has 2 aliphatic rings. The van der Waals surface area contributed by atoms with Gasteiger partial charge in [-0.3, -0.25) is 4.79 Å². The predicted octanol–water partition coefficient (Wildman–Crippen LogP) is 4.44. The van der Waals surface area contributed by atoms with Crippen LogP contribution in [-0.4, -0.2) is 87.2 Å². The van der Waals surface area contributed by atoms with Crippen molar-refractivity contribution in [2.75, 3.05) is 50.5 Å². The highest BCUT2D eigenvalue weighted by Crippen LogP contribution is 2.33. The van der Waals surface area contributed by atoms with Crippen molar-refractivity contribution in [2.45, 2.75) is 58.1 Å². The lowest BCUT2D eigenvalue weighted by Crippen LogP contribution is -2.50. The average molecular weight is 535 g/mol.